The van der Waals surface area contributed by atoms with E-state index in [1.165, 1.54) is 0 Å². The molecule has 0 fully saturated rings. The molecule has 0 bridgehead atoms. The molecule has 4 nitrogen and oxygen atoms in total. The Morgan fingerprint density at radius 2 is 2.10 bits per heavy atom. The Morgan fingerprint density at radius 1 is 1.40 bits per heavy atom. The number of hydrogen-bond acceptors (Lipinski definition) is 3. The molecule has 0 saturated carbocycles. The SMILES string of the molecule is CC(C)CCNC(=O)COc1ccc(Br)cc1[C@@H](C)O. The molecule has 0 radical (unpaired) electrons. The van der Waals surface area contributed by atoms with Crippen LogP contribution >= 0.6 is 15.9 Å². The monoisotopic (exact) mass is 343 g/mol. The molecule has 1 aromatic rings. The minimum absolute atomic E-state index is 0.0422. The van der Waals surface area contributed by atoms with E-state index in [1.807, 2.05) is 6.07 Å². The van der Waals surface area contributed by atoms with Gasteiger partial charge in [-0.3, -0.25) is 4.79 Å². The number of ether oxygens (including phenoxy) is 1. The van der Waals surface area contributed by atoms with Gasteiger partial charge in [-0.15, -0.1) is 0 Å². The van der Waals surface area contributed by atoms with Gasteiger partial charge in [0.2, 0.25) is 0 Å². The maximum Gasteiger partial charge on any atom is 0.257 e. The summed E-state index contributed by atoms with van der Waals surface area (Å²) < 4.78 is 6.34. The van der Waals surface area contributed by atoms with Gasteiger partial charge < -0.3 is 15.2 Å². The van der Waals surface area contributed by atoms with Crippen LogP contribution in [0.25, 0.3) is 0 Å². The molecule has 5 heteroatoms. The average Bonchev–Trinajstić information content (AvgIpc) is 2.36. The lowest BCUT2D eigenvalue weighted by atomic mass is 10.1. The van der Waals surface area contributed by atoms with Crippen molar-refractivity contribution in [1.29, 1.82) is 0 Å². The lowest BCUT2D eigenvalue weighted by Crippen LogP contribution is -2.30. The maximum atomic E-state index is 11.6. The van der Waals surface area contributed by atoms with Gasteiger partial charge in [-0.1, -0.05) is 29.8 Å². The van der Waals surface area contributed by atoms with Crippen LogP contribution in [0.15, 0.2) is 22.7 Å². The zero-order valence-corrected chi connectivity index (χ0v) is 13.7. The second-order valence-corrected chi connectivity index (χ2v) is 6.09. The van der Waals surface area contributed by atoms with Crippen LogP contribution in [0.1, 0.15) is 38.9 Å². The van der Waals surface area contributed by atoms with E-state index in [0.29, 0.717) is 23.8 Å². The molecule has 0 unspecified atom stereocenters. The summed E-state index contributed by atoms with van der Waals surface area (Å²) in [5.41, 5.74) is 0.661. The van der Waals surface area contributed by atoms with Gasteiger partial charge >= 0.3 is 0 Å². The Hall–Kier alpha value is -1.07. The number of hydrogen-bond donors (Lipinski definition) is 2. The second kappa shape index (κ2) is 8.27. The van der Waals surface area contributed by atoms with Crippen molar-refractivity contribution in [3.05, 3.63) is 28.2 Å². The second-order valence-electron chi connectivity index (χ2n) is 5.18. The Kier molecular flexibility index (Phi) is 7.02. The number of aliphatic hydroxyl groups excluding tert-OH is 1. The van der Waals surface area contributed by atoms with Gasteiger partial charge in [0.1, 0.15) is 5.75 Å². The van der Waals surface area contributed by atoms with Crippen LogP contribution in [0.4, 0.5) is 0 Å². The van der Waals surface area contributed by atoms with Crippen LogP contribution in [0, 0.1) is 5.92 Å². The quantitative estimate of drug-likeness (QED) is 0.799. The summed E-state index contributed by atoms with van der Waals surface area (Å²) in [4.78, 5) is 11.6. The van der Waals surface area contributed by atoms with Crippen LogP contribution in [-0.2, 0) is 4.79 Å². The topological polar surface area (TPSA) is 58.6 Å². The zero-order valence-electron chi connectivity index (χ0n) is 12.1. The summed E-state index contributed by atoms with van der Waals surface area (Å²) in [5.74, 6) is 0.942. The smallest absolute Gasteiger partial charge is 0.257 e. The molecule has 1 amide bonds. The highest BCUT2D eigenvalue weighted by molar-refractivity contribution is 9.10. The number of carbonyl (C=O) groups excluding carboxylic acids is 1. The number of amides is 1. The highest BCUT2D eigenvalue weighted by Crippen LogP contribution is 2.28. The summed E-state index contributed by atoms with van der Waals surface area (Å²) >= 11 is 3.35. The molecule has 20 heavy (non-hydrogen) atoms. The van der Waals surface area contributed by atoms with Crippen molar-refractivity contribution in [2.24, 2.45) is 5.92 Å². The lowest BCUT2D eigenvalue weighted by molar-refractivity contribution is -0.123. The van der Waals surface area contributed by atoms with Crippen LogP contribution in [0.2, 0.25) is 0 Å². The largest absolute Gasteiger partial charge is 0.483 e. The first-order valence-electron chi connectivity index (χ1n) is 6.77. The number of halogens is 1. The van der Waals surface area contributed by atoms with Crippen LogP contribution in [-0.4, -0.2) is 24.2 Å². The molecule has 2 N–H and O–H groups in total. The van der Waals surface area contributed by atoms with Crippen LogP contribution < -0.4 is 10.1 Å². The van der Waals surface area contributed by atoms with Gasteiger partial charge in [-0.25, -0.2) is 0 Å². The Labute approximate surface area is 128 Å². The normalized spacial score (nSPS) is 12.3. The average molecular weight is 344 g/mol. The van der Waals surface area contributed by atoms with Crippen LogP contribution in [0.5, 0.6) is 5.75 Å². The van der Waals surface area contributed by atoms with Gasteiger partial charge in [0.15, 0.2) is 6.61 Å². The molecule has 1 aromatic carbocycles. The van der Waals surface area contributed by atoms with Gasteiger partial charge in [0, 0.05) is 16.6 Å². The summed E-state index contributed by atoms with van der Waals surface area (Å²) in [5, 5.41) is 12.5. The summed E-state index contributed by atoms with van der Waals surface area (Å²) in [6.45, 7) is 6.50. The standard InChI is InChI=1S/C15H22BrNO3/c1-10(2)6-7-17-15(19)9-20-14-5-4-12(16)8-13(14)11(3)18/h4-5,8,10-11,18H,6-7,9H2,1-3H3,(H,17,19)/t11-/m1/s1. The summed E-state index contributed by atoms with van der Waals surface area (Å²) in [7, 11) is 0. The maximum absolute atomic E-state index is 11.6. The van der Waals surface area contributed by atoms with Crippen molar-refractivity contribution < 1.29 is 14.6 Å². The van der Waals surface area contributed by atoms with Crippen molar-refractivity contribution >= 4 is 21.8 Å². The van der Waals surface area contributed by atoms with E-state index in [1.54, 1.807) is 19.1 Å². The molecule has 112 valence electrons. The van der Waals surface area contributed by atoms with Gasteiger partial charge in [0.25, 0.3) is 5.91 Å². The number of nitrogens with one attached hydrogen (secondary N) is 1. The van der Waals surface area contributed by atoms with E-state index in [9.17, 15) is 9.90 Å². The van der Waals surface area contributed by atoms with Crippen molar-refractivity contribution in [2.75, 3.05) is 13.2 Å². The first-order chi connectivity index (χ1) is 9.40. The number of rotatable bonds is 7. The van der Waals surface area contributed by atoms with Gasteiger partial charge in [0.05, 0.1) is 6.10 Å². The summed E-state index contributed by atoms with van der Waals surface area (Å²) in [6.07, 6.45) is 0.301. The van der Waals surface area contributed by atoms with Gasteiger partial charge in [-0.2, -0.15) is 0 Å². The third-order valence-electron chi connectivity index (χ3n) is 2.82. The van der Waals surface area contributed by atoms with E-state index in [4.69, 9.17) is 4.74 Å². The summed E-state index contributed by atoms with van der Waals surface area (Å²) in [6, 6.07) is 5.35. The lowest BCUT2D eigenvalue weighted by Gasteiger charge is -2.14. The highest BCUT2D eigenvalue weighted by atomic mass is 79.9. The van der Waals surface area contributed by atoms with Crippen LogP contribution in [0.3, 0.4) is 0 Å². The fourth-order valence-electron chi connectivity index (χ4n) is 1.67. The first-order valence-corrected chi connectivity index (χ1v) is 7.56. The minimum Gasteiger partial charge on any atom is -0.483 e. The Balaban J connectivity index is 2.51. The molecule has 0 saturated heterocycles. The molecular weight excluding hydrogens is 322 g/mol. The molecule has 0 heterocycles. The van der Waals surface area contributed by atoms with E-state index < -0.39 is 6.10 Å². The molecule has 0 spiro atoms. The van der Waals surface area contributed by atoms with E-state index in [-0.39, 0.29) is 12.5 Å². The fourth-order valence-corrected chi connectivity index (χ4v) is 2.05. The minimum atomic E-state index is -0.647. The third kappa shape index (κ3) is 5.92. The van der Waals surface area contributed by atoms with Crippen molar-refractivity contribution in [2.45, 2.75) is 33.3 Å². The van der Waals surface area contributed by atoms with Gasteiger partial charge in [-0.05, 0) is 37.5 Å². The van der Waals surface area contributed by atoms with Crippen molar-refractivity contribution in [3.8, 4) is 5.75 Å². The molecular formula is C15H22BrNO3. The van der Waals surface area contributed by atoms with Crippen molar-refractivity contribution in [1.82, 2.24) is 5.32 Å². The van der Waals surface area contributed by atoms with E-state index in [0.717, 1.165) is 10.9 Å². The molecule has 0 aliphatic rings. The Morgan fingerprint density at radius 3 is 2.70 bits per heavy atom. The number of benzene rings is 1. The molecule has 0 aliphatic carbocycles. The first kappa shape index (κ1) is 17.0. The molecule has 1 atom stereocenters. The predicted octanol–water partition coefficient (Wildman–Crippen LogP) is 3.04. The fraction of sp³-hybridized carbons (Fsp3) is 0.533. The Bertz CT molecular complexity index is 447. The zero-order chi connectivity index (χ0) is 15.1. The molecule has 0 aromatic heterocycles. The van der Waals surface area contributed by atoms with E-state index >= 15 is 0 Å². The number of carbonyl (C=O) groups is 1. The predicted molar refractivity (Wildman–Crippen MR) is 82.7 cm³/mol. The molecule has 1 rings (SSSR count). The third-order valence-corrected chi connectivity index (χ3v) is 3.32. The van der Waals surface area contributed by atoms with E-state index in [2.05, 4.69) is 35.1 Å². The molecule has 0 aliphatic heterocycles. The van der Waals surface area contributed by atoms with Crippen molar-refractivity contribution in [3.63, 3.8) is 0 Å². The number of aliphatic hydroxyl groups is 1. The highest BCUT2D eigenvalue weighted by Gasteiger charge is 2.11.